The van der Waals surface area contributed by atoms with Gasteiger partial charge in [-0.2, -0.15) is 0 Å². The van der Waals surface area contributed by atoms with Gasteiger partial charge in [0.1, 0.15) is 5.54 Å². The van der Waals surface area contributed by atoms with Gasteiger partial charge in [0.15, 0.2) is 0 Å². The second-order valence-corrected chi connectivity index (χ2v) is 8.31. The number of carbonyl (C=O) groups excluding carboxylic acids is 1. The zero-order chi connectivity index (χ0) is 21.0. The predicted molar refractivity (Wildman–Crippen MR) is 121 cm³/mol. The molecule has 1 aromatic heterocycles. The fraction of sp³-hybridized carbons (Fsp3) is 0.308. The molecule has 0 N–H and O–H groups in total. The number of pyridine rings is 1. The molecule has 4 nitrogen and oxygen atoms in total. The summed E-state index contributed by atoms with van der Waals surface area (Å²) < 4.78 is 0. The maximum atomic E-state index is 13.6. The fourth-order valence-corrected chi connectivity index (χ4v) is 4.71. The summed E-state index contributed by atoms with van der Waals surface area (Å²) in [6.45, 7) is 1.73. The Hall–Kier alpha value is -2.98. The van der Waals surface area contributed by atoms with Crippen molar-refractivity contribution in [1.82, 2.24) is 14.8 Å². The van der Waals surface area contributed by atoms with Crippen molar-refractivity contribution in [2.24, 2.45) is 0 Å². The molecule has 0 saturated carbocycles. The van der Waals surface area contributed by atoms with Crippen LogP contribution in [0, 0.1) is 0 Å². The van der Waals surface area contributed by atoms with Crippen LogP contribution in [0.2, 0.25) is 0 Å². The normalized spacial score (nSPS) is 19.0. The Labute approximate surface area is 179 Å². The molecule has 0 aliphatic carbocycles. The van der Waals surface area contributed by atoms with Crippen LogP contribution in [-0.2, 0) is 17.8 Å². The second-order valence-electron chi connectivity index (χ2n) is 8.31. The summed E-state index contributed by atoms with van der Waals surface area (Å²) in [5, 5.41) is 0. The lowest BCUT2D eigenvalue weighted by Crippen LogP contribution is -2.56. The lowest BCUT2D eigenvalue weighted by atomic mass is 9.83. The standard InChI is InChI=1S/C26H29N3O/c1-28(2)25(30)26(15-8-18-29(26)20-21-9-4-3-5-10-21)19-23-11-6-7-12-24(23)22-13-16-27-17-14-22/h3-7,9-14,16-17H,8,15,18-20H2,1-2H3. The highest BCUT2D eigenvalue weighted by molar-refractivity contribution is 5.87. The van der Waals surface area contributed by atoms with E-state index in [2.05, 4.69) is 58.4 Å². The third kappa shape index (κ3) is 4.01. The van der Waals surface area contributed by atoms with Crippen LogP contribution in [0.4, 0.5) is 0 Å². The van der Waals surface area contributed by atoms with Crippen LogP contribution >= 0.6 is 0 Å². The van der Waals surface area contributed by atoms with Gasteiger partial charge in [0.25, 0.3) is 0 Å². The number of aromatic nitrogens is 1. The van der Waals surface area contributed by atoms with Crippen molar-refractivity contribution in [3.63, 3.8) is 0 Å². The smallest absolute Gasteiger partial charge is 0.242 e. The molecule has 3 aromatic rings. The van der Waals surface area contributed by atoms with Crippen molar-refractivity contribution < 1.29 is 4.79 Å². The summed E-state index contributed by atoms with van der Waals surface area (Å²) in [6.07, 6.45) is 6.26. The summed E-state index contributed by atoms with van der Waals surface area (Å²) in [6, 6.07) is 23.0. The summed E-state index contributed by atoms with van der Waals surface area (Å²) in [5.41, 5.74) is 4.25. The third-order valence-corrected chi connectivity index (χ3v) is 6.14. The molecule has 1 saturated heterocycles. The summed E-state index contributed by atoms with van der Waals surface area (Å²) >= 11 is 0. The van der Waals surface area contributed by atoms with Gasteiger partial charge in [-0.25, -0.2) is 0 Å². The number of carbonyl (C=O) groups is 1. The van der Waals surface area contributed by atoms with E-state index in [1.54, 1.807) is 4.90 Å². The molecule has 4 heteroatoms. The monoisotopic (exact) mass is 399 g/mol. The van der Waals surface area contributed by atoms with Crippen molar-refractivity contribution >= 4 is 5.91 Å². The third-order valence-electron chi connectivity index (χ3n) is 6.14. The number of nitrogens with zero attached hydrogens (tertiary/aromatic N) is 3. The SMILES string of the molecule is CN(C)C(=O)C1(Cc2ccccc2-c2ccncc2)CCCN1Cc1ccccc1. The Morgan fingerprint density at radius 3 is 2.43 bits per heavy atom. The highest BCUT2D eigenvalue weighted by Crippen LogP contribution is 2.38. The average Bonchev–Trinajstić information content (AvgIpc) is 3.17. The number of benzene rings is 2. The van der Waals surface area contributed by atoms with Crippen molar-refractivity contribution in [2.45, 2.75) is 31.3 Å². The molecule has 154 valence electrons. The topological polar surface area (TPSA) is 36.4 Å². The minimum Gasteiger partial charge on any atom is -0.347 e. The molecule has 1 unspecified atom stereocenters. The Morgan fingerprint density at radius 2 is 1.70 bits per heavy atom. The van der Waals surface area contributed by atoms with Crippen LogP contribution in [-0.4, -0.2) is 46.9 Å². The van der Waals surface area contributed by atoms with Crippen molar-refractivity contribution in [2.75, 3.05) is 20.6 Å². The first-order valence-electron chi connectivity index (χ1n) is 10.6. The molecular weight excluding hydrogens is 370 g/mol. The van der Waals surface area contributed by atoms with E-state index < -0.39 is 5.54 Å². The molecule has 1 aliphatic heterocycles. The Balaban J connectivity index is 1.73. The molecule has 0 radical (unpaired) electrons. The highest BCUT2D eigenvalue weighted by atomic mass is 16.2. The van der Waals surface area contributed by atoms with Gasteiger partial charge in [-0.15, -0.1) is 0 Å². The Morgan fingerprint density at radius 1 is 1.00 bits per heavy atom. The molecule has 1 atom stereocenters. The van der Waals surface area contributed by atoms with Crippen molar-refractivity contribution in [1.29, 1.82) is 0 Å². The van der Waals surface area contributed by atoms with Crippen LogP contribution in [0.15, 0.2) is 79.1 Å². The number of likely N-dealkylation sites (N-methyl/N-ethyl adjacent to an activating group) is 1. The Kier molecular flexibility index (Phi) is 5.96. The van der Waals surface area contributed by atoms with Gasteiger partial charge < -0.3 is 4.90 Å². The fourth-order valence-electron chi connectivity index (χ4n) is 4.71. The van der Waals surface area contributed by atoms with Crippen LogP contribution in [0.3, 0.4) is 0 Å². The van der Waals surface area contributed by atoms with E-state index in [1.807, 2.05) is 44.7 Å². The van der Waals surface area contributed by atoms with E-state index in [-0.39, 0.29) is 5.91 Å². The highest BCUT2D eigenvalue weighted by Gasteiger charge is 2.48. The quantitative estimate of drug-likeness (QED) is 0.616. The van der Waals surface area contributed by atoms with Gasteiger partial charge >= 0.3 is 0 Å². The molecule has 1 aliphatic rings. The predicted octanol–water partition coefficient (Wildman–Crippen LogP) is 4.41. The van der Waals surface area contributed by atoms with E-state index in [1.165, 1.54) is 16.7 Å². The first-order chi connectivity index (χ1) is 14.6. The maximum Gasteiger partial charge on any atom is 0.242 e. The van der Waals surface area contributed by atoms with Crippen LogP contribution in [0.25, 0.3) is 11.1 Å². The number of hydrogen-bond donors (Lipinski definition) is 0. The van der Waals surface area contributed by atoms with Crippen molar-refractivity contribution in [3.05, 3.63) is 90.3 Å². The number of rotatable bonds is 6. The number of likely N-dealkylation sites (tertiary alicyclic amines) is 1. The van der Waals surface area contributed by atoms with Gasteiger partial charge in [0.2, 0.25) is 5.91 Å². The second kappa shape index (κ2) is 8.80. The van der Waals surface area contributed by atoms with E-state index in [9.17, 15) is 4.79 Å². The van der Waals surface area contributed by atoms with E-state index >= 15 is 0 Å². The lowest BCUT2D eigenvalue weighted by molar-refractivity contribution is -0.140. The minimum atomic E-state index is -0.525. The minimum absolute atomic E-state index is 0.195. The lowest BCUT2D eigenvalue weighted by Gasteiger charge is -2.39. The molecule has 1 fully saturated rings. The van der Waals surface area contributed by atoms with Gasteiger partial charge in [-0.1, -0.05) is 54.6 Å². The average molecular weight is 400 g/mol. The van der Waals surface area contributed by atoms with Gasteiger partial charge in [-0.3, -0.25) is 14.7 Å². The van der Waals surface area contributed by atoms with Crippen LogP contribution in [0.1, 0.15) is 24.0 Å². The molecule has 1 amide bonds. The van der Waals surface area contributed by atoms with Gasteiger partial charge in [-0.05, 0) is 53.8 Å². The molecule has 30 heavy (non-hydrogen) atoms. The molecule has 0 spiro atoms. The van der Waals surface area contributed by atoms with E-state index in [0.29, 0.717) is 6.42 Å². The van der Waals surface area contributed by atoms with Gasteiger partial charge in [0.05, 0.1) is 0 Å². The molecule has 0 bridgehead atoms. The van der Waals surface area contributed by atoms with Gasteiger partial charge in [0, 0.05) is 39.5 Å². The molecule has 4 rings (SSSR count). The Bertz CT molecular complexity index is 987. The molecule has 2 heterocycles. The first-order valence-corrected chi connectivity index (χ1v) is 10.6. The first kappa shape index (κ1) is 20.3. The van der Waals surface area contributed by atoms with E-state index in [0.717, 1.165) is 31.5 Å². The summed E-state index contributed by atoms with van der Waals surface area (Å²) in [4.78, 5) is 21.9. The zero-order valence-electron chi connectivity index (χ0n) is 17.8. The molecular formula is C26H29N3O. The largest absolute Gasteiger partial charge is 0.347 e. The molecule has 2 aromatic carbocycles. The van der Waals surface area contributed by atoms with Crippen LogP contribution < -0.4 is 0 Å². The number of amides is 1. The number of hydrogen-bond acceptors (Lipinski definition) is 3. The maximum absolute atomic E-state index is 13.6. The van der Waals surface area contributed by atoms with E-state index in [4.69, 9.17) is 0 Å². The zero-order valence-corrected chi connectivity index (χ0v) is 17.8. The van der Waals surface area contributed by atoms with Crippen LogP contribution in [0.5, 0.6) is 0 Å². The summed E-state index contributed by atoms with van der Waals surface area (Å²) in [5.74, 6) is 0.195. The summed E-state index contributed by atoms with van der Waals surface area (Å²) in [7, 11) is 3.75. The van der Waals surface area contributed by atoms with Crippen molar-refractivity contribution in [3.8, 4) is 11.1 Å².